The van der Waals surface area contributed by atoms with Crippen LogP contribution < -0.4 is 0 Å². The molecule has 0 aliphatic rings. The molecule has 0 saturated heterocycles. The number of halogens is 3. The molecule has 0 radical (unpaired) electrons. The van der Waals surface area contributed by atoms with Crippen LogP contribution in [0.1, 0.15) is 0 Å². The molecule has 1 heterocycles. The van der Waals surface area contributed by atoms with Crippen LogP contribution in [0.4, 0.5) is 0 Å². The van der Waals surface area contributed by atoms with Gasteiger partial charge in [-0.15, -0.1) is 0 Å². The highest BCUT2D eigenvalue weighted by molar-refractivity contribution is 7.78. The van der Waals surface area contributed by atoms with Crippen molar-refractivity contribution < 1.29 is 0 Å². The third kappa shape index (κ3) is 5.31. The zero-order valence-electron chi connectivity index (χ0n) is 7.33. The lowest BCUT2D eigenvalue weighted by Gasteiger charge is -1.98. The van der Waals surface area contributed by atoms with Gasteiger partial charge >= 0.3 is 0 Å². The molecule has 0 N–H and O–H groups in total. The number of benzene rings is 1. The molecule has 2 rings (SSSR count). The molecule has 15 heavy (non-hydrogen) atoms. The average Bonchev–Trinajstić information content (AvgIpc) is 2.29. The van der Waals surface area contributed by atoms with Crippen LogP contribution >= 0.6 is 59.0 Å². The van der Waals surface area contributed by atoms with Gasteiger partial charge in [-0.25, -0.2) is 0 Å². The van der Waals surface area contributed by atoms with Crippen LogP contribution in [0.25, 0.3) is 0 Å². The number of rotatable bonds is 0. The molecule has 0 fully saturated rings. The van der Waals surface area contributed by atoms with E-state index in [1.807, 2.05) is 36.4 Å². The number of aromatic nitrogens is 3. The van der Waals surface area contributed by atoms with Crippen molar-refractivity contribution in [2.75, 3.05) is 0 Å². The smallest absolute Gasteiger partial charge is 0.166 e. The predicted octanol–water partition coefficient (Wildman–Crippen LogP) is 5.10. The normalized spacial score (nSPS) is 11.3. The second-order valence-electron chi connectivity index (χ2n) is 2.19. The summed E-state index contributed by atoms with van der Waals surface area (Å²) >= 11 is 16.9. The Bertz CT molecular complexity index is 370. The monoisotopic (exact) mass is 319 g/mol. The van der Waals surface area contributed by atoms with E-state index >= 15 is 0 Å². The first-order chi connectivity index (χ1) is 7.22. The largest absolute Gasteiger partial charge is 0.191 e. The molecule has 3 nitrogen and oxygen atoms in total. The summed E-state index contributed by atoms with van der Waals surface area (Å²) in [6.07, 6.45) is 0. The SMILES string of the molecule is Cln1pn[pH]n(Cl)p1Cl.c1ccccc1. The molecule has 1 aromatic heterocycles. The van der Waals surface area contributed by atoms with Gasteiger partial charge in [-0.05, 0) is 11.2 Å². The van der Waals surface area contributed by atoms with E-state index in [1.165, 1.54) is 7.22 Å². The lowest BCUT2D eigenvalue weighted by atomic mass is 10.4. The van der Waals surface area contributed by atoms with Gasteiger partial charge in [-0.2, -0.15) is 11.7 Å². The van der Waals surface area contributed by atoms with E-state index in [4.69, 9.17) is 34.8 Å². The van der Waals surface area contributed by atoms with Gasteiger partial charge in [0, 0.05) is 23.6 Å². The van der Waals surface area contributed by atoms with E-state index in [0.29, 0.717) is 8.51 Å². The first-order valence-corrected chi connectivity index (χ1v) is 8.28. The minimum absolute atomic E-state index is 0.224. The highest BCUT2D eigenvalue weighted by Crippen LogP contribution is 2.38. The van der Waals surface area contributed by atoms with Crippen LogP contribution in [0, 0.1) is 0 Å². The Morgan fingerprint density at radius 2 is 1.53 bits per heavy atom. The van der Waals surface area contributed by atoms with Crippen LogP contribution in [0.3, 0.4) is 0 Å². The summed E-state index contributed by atoms with van der Waals surface area (Å²) in [6.45, 7) is 0. The first-order valence-electron chi connectivity index (χ1n) is 3.75. The molecular weight excluding hydrogens is 313 g/mol. The maximum absolute atomic E-state index is 5.71. The molecule has 2 atom stereocenters. The van der Waals surface area contributed by atoms with E-state index in [0.717, 1.165) is 0 Å². The molecular formula is C6H7Cl3N3P3. The minimum Gasteiger partial charge on any atom is -0.191 e. The fourth-order valence-electron chi connectivity index (χ4n) is 0.613. The molecule has 0 spiro atoms. The van der Waals surface area contributed by atoms with Crippen LogP contribution in [0.5, 0.6) is 0 Å². The fourth-order valence-corrected chi connectivity index (χ4v) is 5.51. The Kier molecular flexibility index (Phi) is 6.84. The molecule has 0 aliphatic heterocycles. The molecule has 2 aromatic rings. The van der Waals surface area contributed by atoms with Gasteiger partial charge in [-0.3, -0.25) is 0 Å². The van der Waals surface area contributed by atoms with Gasteiger partial charge in [-0.1, -0.05) is 36.4 Å². The third-order valence-electron chi connectivity index (χ3n) is 1.19. The fraction of sp³-hybridized carbons (Fsp3) is 0. The van der Waals surface area contributed by atoms with Crippen LogP contribution in [0.15, 0.2) is 36.4 Å². The zero-order valence-corrected chi connectivity index (χ0v) is 12.4. The van der Waals surface area contributed by atoms with Crippen molar-refractivity contribution in [3.63, 3.8) is 0 Å². The molecule has 9 heteroatoms. The van der Waals surface area contributed by atoms with Gasteiger partial charge < -0.3 is 0 Å². The Labute approximate surface area is 107 Å². The standard InChI is InChI=1S/C6H6.Cl3HN3P3/c1-2-4-6-5-3-1;1-5-7-4-8-6(2)9(5)3/h1-6H;7H. The minimum atomic E-state index is -1.04. The van der Waals surface area contributed by atoms with Gasteiger partial charge in [0.05, 0.1) is 8.51 Å². The Hall–Kier alpha value is 0.390. The third-order valence-corrected chi connectivity index (χ3v) is 7.73. The Balaban J connectivity index is 0.000000162. The summed E-state index contributed by atoms with van der Waals surface area (Å²) in [5, 5.41) is 0. The van der Waals surface area contributed by atoms with Gasteiger partial charge in [0.15, 0.2) is 15.7 Å². The van der Waals surface area contributed by atoms with Gasteiger partial charge in [0.2, 0.25) is 0 Å². The van der Waals surface area contributed by atoms with Crippen molar-refractivity contribution >= 4 is 59.0 Å². The number of nitrogens with zero attached hydrogens (tertiary/aromatic N) is 3. The number of hydrogen-bond acceptors (Lipinski definition) is 1. The molecule has 0 bridgehead atoms. The highest BCUT2D eigenvalue weighted by Gasteiger charge is 1.95. The maximum atomic E-state index is 5.71. The average molecular weight is 320 g/mol. The maximum Gasteiger partial charge on any atom is 0.166 e. The van der Waals surface area contributed by atoms with Crippen LogP contribution in [0.2, 0.25) is 0 Å². The lowest BCUT2D eigenvalue weighted by Crippen LogP contribution is -1.74. The van der Waals surface area contributed by atoms with Crippen molar-refractivity contribution in [1.82, 2.24) is 11.7 Å². The first kappa shape index (κ1) is 13.5. The van der Waals surface area contributed by atoms with E-state index in [1.54, 1.807) is 0 Å². The van der Waals surface area contributed by atoms with Crippen LogP contribution in [-0.4, -0.2) is 11.7 Å². The summed E-state index contributed by atoms with van der Waals surface area (Å²) in [4.78, 5) is 0. The molecule has 0 aliphatic carbocycles. The van der Waals surface area contributed by atoms with Crippen molar-refractivity contribution in [3.05, 3.63) is 36.4 Å². The van der Waals surface area contributed by atoms with Gasteiger partial charge in [0.1, 0.15) is 0 Å². The van der Waals surface area contributed by atoms with Crippen LogP contribution in [-0.2, 0) is 0 Å². The topological polar surface area (TPSA) is 22.8 Å². The molecule has 1 aromatic carbocycles. The second-order valence-corrected chi connectivity index (χ2v) is 8.76. The summed E-state index contributed by atoms with van der Waals surface area (Å²) in [7, 11) is -0.121. The summed E-state index contributed by atoms with van der Waals surface area (Å²) in [5.41, 5.74) is 0. The van der Waals surface area contributed by atoms with E-state index in [-0.39, 0.29) is 8.51 Å². The highest BCUT2D eigenvalue weighted by atomic mass is 35.7. The Morgan fingerprint density at radius 3 is 1.87 bits per heavy atom. The van der Waals surface area contributed by atoms with Crippen molar-refractivity contribution in [3.8, 4) is 0 Å². The summed E-state index contributed by atoms with van der Waals surface area (Å²) < 4.78 is 6.67. The zero-order chi connectivity index (χ0) is 11.1. The van der Waals surface area contributed by atoms with E-state index in [2.05, 4.69) is 4.51 Å². The summed E-state index contributed by atoms with van der Waals surface area (Å²) in [6, 6.07) is 12.0. The summed E-state index contributed by atoms with van der Waals surface area (Å²) in [5.74, 6) is 0. The lowest BCUT2D eigenvalue weighted by molar-refractivity contribution is 1.52. The molecule has 0 saturated carbocycles. The van der Waals surface area contributed by atoms with E-state index < -0.39 is 7.20 Å². The Morgan fingerprint density at radius 1 is 1.07 bits per heavy atom. The van der Waals surface area contributed by atoms with Crippen molar-refractivity contribution in [1.29, 1.82) is 0 Å². The second kappa shape index (κ2) is 7.63. The van der Waals surface area contributed by atoms with Crippen molar-refractivity contribution in [2.24, 2.45) is 0 Å². The molecule has 82 valence electrons. The van der Waals surface area contributed by atoms with Crippen molar-refractivity contribution in [2.45, 2.75) is 0 Å². The predicted molar refractivity (Wildman–Crippen MR) is 72.8 cm³/mol. The molecule has 0 amide bonds. The van der Waals surface area contributed by atoms with E-state index in [9.17, 15) is 0 Å². The molecule has 2 unspecified atom stereocenters. The van der Waals surface area contributed by atoms with Gasteiger partial charge in [0.25, 0.3) is 0 Å². The quantitative estimate of drug-likeness (QED) is 0.662. The number of hydrogen-bond donors (Lipinski definition) is 0.